The second-order valence-corrected chi connectivity index (χ2v) is 7.77. The second-order valence-electron chi connectivity index (χ2n) is 7.77. The molecule has 0 radical (unpaired) electrons. The monoisotopic (exact) mass is 430 g/mol. The molecule has 5 rings (SSSR count). The second kappa shape index (κ2) is 7.92. The lowest BCUT2D eigenvalue weighted by Gasteiger charge is -2.35. The third-order valence-electron chi connectivity index (χ3n) is 5.87. The number of carbonyl (C=O) groups excluding carboxylic acids is 1. The van der Waals surface area contributed by atoms with E-state index in [0.29, 0.717) is 37.1 Å². The van der Waals surface area contributed by atoms with E-state index in [4.69, 9.17) is 4.42 Å². The van der Waals surface area contributed by atoms with Crippen molar-refractivity contribution in [2.45, 2.75) is 13.8 Å². The summed E-state index contributed by atoms with van der Waals surface area (Å²) >= 11 is 0. The third-order valence-corrected chi connectivity index (χ3v) is 5.87. The van der Waals surface area contributed by atoms with Gasteiger partial charge in [-0.15, -0.1) is 0 Å². The molecular weight excluding hydrogens is 408 g/mol. The Morgan fingerprint density at radius 2 is 1.72 bits per heavy atom. The van der Waals surface area contributed by atoms with Gasteiger partial charge in [0.15, 0.2) is 11.2 Å². The molecule has 1 amide bonds. The van der Waals surface area contributed by atoms with Crippen molar-refractivity contribution in [2.24, 2.45) is 0 Å². The number of amides is 1. The van der Waals surface area contributed by atoms with Crippen molar-refractivity contribution in [3.8, 4) is 5.82 Å². The number of anilines is 1. The van der Waals surface area contributed by atoms with Crippen LogP contribution in [0.15, 0.2) is 58.3 Å². The van der Waals surface area contributed by atoms with E-state index in [1.807, 2.05) is 24.5 Å². The van der Waals surface area contributed by atoms with Crippen LogP contribution in [0.25, 0.3) is 16.8 Å². The summed E-state index contributed by atoms with van der Waals surface area (Å²) in [4.78, 5) is 42.2. The van der Waals surface area contributed by atoms with E-state index in [2.05, 4.69) is 19.9 Å². The predicted molar refractivity (Wildman–Crippen MR) is 119 cm³/mol. The van der Waals surface area contributed by atoms with Crippen molar-refractivity contribution >= 4 is 22.7 Å². The number of rotatable bonds is 3. The van der Waals surface area contributed by atoms with Crippen LogP contribution in [-0.2, 0) is 0 Å². The van der Waals surface area contributed by atoms with E-state index < -0.39 is 0 Å². The van der Waals surface area contributed by atoms with Crippen LogP contribution in [0, 0.1) is 13.8 Å². The Morgan fingerprint density at radius 3 is 2.47 bits per heavy atom. The molecule has 0 bridgehead atoms. The van der Waals surface area contributed by atoms with Crippen molar-refractivity contribution < 1.29 is 9.21 Å². The third kappa shape index (κ3) is 3.51. The zero-order valence-electron chi connectivity index (χ0n) is 17.9. The summed E-state index contributed by atoms with van der Waals surface area (Å²) in [6.45, 7) is 6.18. The van der Waals surface area contributed by atoms with E-state index in [1.165, 1.54) is 6.07 Å². The lowest BCUT2D eigenvalue weighted by atomic mass is 10.2. The van der Waals surface area contributed by atoms with Gasteiger partial charge in [-0.05, 0) is 26.0 Å². The van der Waals surface area contributed by atoms with Crippen LogP contribution >= 0.6 is 0 Å². The number of benzene rings is 1. The summed E-state index contributed by atoms with van der Waals surface area (Å²) in [5.74, 6) is 1.34. The molecule has 1 saturated heterocycles. The summed E-state index contributed by atoms with van der Waals surface area (Å²) < 4.78 is 7.65. The number of aryl methyl sites for hydroxylation is 1. The van der Waals surface area contributed by atoms with Crippen LogP contribution in [0.1, 0.15) is 21.9 Å². The SMILES string of the molecule is Cc1ncn(-c2cc(N3CCN(C(=O)c4cc(=O)c5ccccc5o4)CC3)ncn2)c1C. The first-order valence-electron chi connectivity index (χ1n) is 10.4. The molecule has 162 valence electrons. The Labute approximate surface area is 184 Å². The van der Waals surface area contributed by atoms with Crippen molar-refractivity contribution in [1.82, 2.24) is 24.4 Å². The first kappa shape index (κ1) is 19.9. The quantitative estimate of drug-likeness (QED) is 0.492. The fourth-order valence-electron chi connectivity index (χ4n) is 3.88. The minimum absolute atomic E-state index is 0.0671. The summed E-state index contributed by atoms with van der Waals surface area (Å²) in [6.07, 6.45) is 3.30. The lowest BCUT2D eigenvalue weighted by Crippen LogP contribution is -2.49. The molecule has 32 heavy (non-hydrogen) atoms. The minimum atomic E-state index is -0.277. The van der Waals surface area contributed by atoms with Crippen LogP contribution in [0.5, 0.6) is 0 Å². The zero-order chi connectivity index (χ0) is 22.2. The van der Waals surface area contributed by atoms with Crippen LogP contribution in [0.4, 0.5) is 5.82 Å². The smallest absolute Gasteiger partial charge is 0.289 e. The average Bonchev–Trinajstić information content (AvgIpc) is 3.17. The fraction of sp³-hybridized carbons (Fsp3) is 0.261. The van der Waals surface area contributed by atoms with E-state index >= 15 is 0 Å². The predicted octanol–water partition coefficient (Wildman–Crippen LogP) is 2.35. The van der Waals surface area contributed by atoms with E-state index in [0.717, 1.165) is 23.0 Å². The molecule has 9 heteroatoms. The molecule has 1 aliphatic rings. The number of fused-ring (bicyclic) bond motifs is 1. The number of aromatic nitrogens is 4. The fourth-order valence-corrected chi connectivity index (χ4v) is 3.88. The van der Waals surface area contributed by atoms with Gasteiger partial charge in [0.2, 0.25) is 0 Å². The van der Waals surface area contributed by atoms with Gasteiger partial charge in [-0.3, -0.25) is 14.2 Å². The maximum Gasteiger partial charge on any atom is 0.289 e. The molecular formula is C23H22N6O3. The molecule has 4 aromatic rings. The van der Waals surface area contributed by atoms with Gasteiger partial charge in [0.05, 0.1) is 11.1 Å². The molecule has 0 N–H and O–H groups in total. The highest BCUT2D eigenvalue weighted by molar-refractivity contribution is 5.93. The number of piperazine rings is 1. The molecule has 0 atom stereocenters. The van der Waals surface area contributed by atoms with Crippen LogP contribution in [-0.4, -0.2) is 56.5 Å². The summed E-state index contributed by atoms with van der Waals surface area (Å²) in [7, 11) is 0. The van der Waals surface area contributed by atoms with Gasteiger partial charge in [-0.2, -0.15) is 0 Å². The van der Waals surface area contributed by atoms with Crippen molar-refractivity contribution in [2.75, 3.05) is 31.1 Å². The molecule has 1 fully saturated rings. The molecule has 4 heterocycles. The number of imidazole rings is 1. The van der Waals surface area contributed by atoms with Crippen molar-refractivity contribution in [3.63, 3.8) is 0 Å². The van der Waals surface area contributed by atoms with Crippen LogP contribution < -0.4 is 10.3 Å². The van der Waals surface area contributed by atoms with Gasteiger partial charge in [-0.1, -0.05) is 12.1 Å². The molecule has 1 aromatic carbocycles. The Bertz CT molecular complexity index is 1370. The number of hydrogen-bond donors (Lipinski definition) is 0. The summed E-state index contributed by atoms with van der Waals surface area (Å²) in [5, 5.41) is 0.469. The molecule has 0 aliphatic carbocycles. The summed E-state index contributed by atoms with van der Waals surface area (Å²) in [6, 6.07) is 10.1. The maximum atomic E-state index is 13.0. The molecule has 9 nitrogen and oxygen atoms in total. The van der Waals surface area contributed by atoms with Crippen molar-refractivity contribution in [1.29, 1.82) is 0 Å². The molecule has 0 spiro atoms. The molecule has 1 aliphatic heterocycles. The number of nitrogens with zero attached hydrogens (tertiary/aromatic N) is 6. The Balaban J connectivity index is 1.31. The topological polar surface area (TPSA) is 97.4 Å². The maximum absolute atomic E-state index is 13.0. The Morgan fingerprint density at radius 1 is 0.969 bits per heavy atom. The van der Waals surface area contributed by atoms with Gasteiger partial charge in [0.25, 0.3) is 5.91 Å². The largest absolute Gasteiger partial charge is 0.451 e. The molecule has 0 unspecified atom stereocenters. The van der Waals surface area contributed by atoms with Crippen LogP contribution in [0.3, 0.4) is 0 Å². The minimum Gasteiger partial charge on any atom is -0.451 e. The van der Waals surface area contributed by atoms with Gasteiger partial charge in [-0.25, -0.2) is 15.0 Å². The van der Waals surface area contributed by atoms with Crippen molar-refractivity contribution in [3.05, 3.63) is 76.4 Å². The lowest BCUT2D eigenvalue weighted by molar-refractivity contribution is 0.0715. The first-order valence-corrected chi connectivity index (χ1v) is 10.4. The van der Waals surface area contributed by atoms with Gasteiger partial charge in [0, 0.05) is 44.0 Å². The molecule has 3 aromatic heterocycles. The standard InChI is InChI=1S/C23H22N6O3/c1-15-16(2)29(14-26-15)22-12-21(24-13-25-22)27-7-9-28(10-8-27)23(31)20-11-18(30)17-5-3-4-6-19(17)32-20/h3-6,11-14H,7-10H2,1-2H3. The average molecular weight is 430 g/mol. The molecule has 0 saturated carbocycles. The van der Waals surface area contributed by atoms with E-state index in [9.17, 15) is 9.59 Å². The van der Waals surface area contributed by atoms with Gasteiger partial charge in [0.1, 0.15) is 29.9 Å². The van der Waals surface area contributed by atoms with E-state index in [-0.39, 0.29) is 17.1 Å². The normalized spacial score (nSPS) is 14.2. The first-order chi connectivity index (χ1) is 15.5. The number of para-hydroxylation sites is 1. The number of carbonyl (C=O) groups is 1. The van der Waals surface area contributed by atoms with Gasteiger partial charge < -0.3 is 14.2 Å². The highest BCUT2D eigenvalue weighted by atomic mass is 16.3. The zero-order valence-corrected chi connectivity index (χ0v) is 17.9. The Kier molecular flexibility index (Phi) is 4.93. The Hall–Kier alpha value is -4.01. The highest BCUT2D eigenvalue weighted by Crippen LogP contribution is 2.19. The van der Waals surface area contributed by atoms with E-state index in [1.54, 1.807) is 41.8 Å². The number of hydrogen-bond acceptors (Lipinski definition) is 7. The van der Waals surface area contributed by atoms with Crippen LogP contribution in [0.2, 0.25) is 0 Å². The van der Waals surface area contributed by atoms with Gasteiger partial charge >= 0.3 is 0 Å². The highest BCUT2D eigenvalue weighted by Gasteiger charge is 2.25. The summed E-state index contributed by atoms with van der Waals surface area (Å²) in [5.41, 5.74) is 2.19.